The molecule has 1 unspecified atom stereocenters. The summed E-state index contributed by atoms with van der Waals surface area (Å²) in [7, 11) is 0. The van der Waals surface area contributed by atoms with Crippen LogP contribution in [0.1, 0.15) is 18.4 Å². The van der Waals surface area contributed by atoms with Gasteiger partial charge in [-0.2, -0.15) is 0 Å². The number of carbonyl (C=O) groups excluding carboxylic acids is 1. The standard InChI is InChI=1S/C17H25NO7/c19-8-4-9-23-12-15(13-24-10-7-16(20)21)18-17(22)25-11-14-5-2-1-3-6-14/h1-3,5-6,15,19H,4,7-13H2,(H,18,22)(H,20,21). The van der Waals surface area contributed by atoms with Crippen molar-refractivity contribution in [3.63, 3.8) is 0 Å². The molecule has 1 amide bonds. The summed E-state index contributed by atoms with van der Waals surface area (Å²) in [4.78, 5) is 22.3. The van der Waals surface area contributed by atoms with Gasteiger partial charge >= 0.3 is 12.1 Å². The lowest BCUT2D eigenvalue weighted by Gasteiger charge is -2.18. The van der Waals surface area contributed by atoms with Gasteiger partial charge in [0.15, 0.2) is 0 Å². The minimum atomic E-state index is -0.953. The van der Waals surface area contributed by atoms with Crippen LogP contribution in [-0.2, 0) is 25.6 Å². The normalized spacial score (nSPS) is 11.7. The first-order valence-corrected chi connectivity index (χ1v) is 8.07. The largest absolute Gasteiger partial charge is 0.481 e. The smallest absolute Gasteiger partial charge is 0.407 e. The van der Waals surface area contributed by atoms with Gasteiger partial charge in [0.2, 0.25) is 0 Å². The van der Waals surface area contributed by atoms with Crippen molar-refractivity contribution in [3.8, 4) is 0 Å². The molecule has 140 valence electrons. The number of nitrogens with one attached hydrogen (secondary N) is 1. The molecule has 1 aromatic rings. The number of carbonyl (C=O) groups is 2. The van der Waals surface area contributed by atoms with E-state index in [0.29, 0.717) is 13.0 Å². The van der Waals surface area contributed by atoms with Gasteiger partial charge in [-0.15, -0.1) is 0 Å². The monoisotopic (exact) mass is 355 g/mol. The molecule has 0 radical (unpaired) electrons. The fraction of sp³-hybridized carbons (Fsp3) is 0.529. The number of aliphatic hydroxyl groups excluding tert-OH is 1. The molecule has 8 nitrogen and oxygen atoms in total. The summed E-state index contributed by atoms with van der Waals surface area (Å²) in [5.41, 5.74) is 0.867. The number of carboxylic acid groups (broad SMARTS) is 1. The van der Waals surface area contributed by atoms with Gasteiger partial charge in [0.1, 0.15) is 6.61 Å². The predicted molar refractivity (Wildman–Crippen MR) is 89.1 cm³/mol. The number of hydrogen-bond donors (Lipinski definition) is 3. The van der Waals surface area contributed by atoms with Gasteiger partial charge in [-0.1, -0.05) is 30.3 Å². The van der Waals surface area contributed by atoms with Crippen LogP contribution in [0.5, 0.6) is 0 Å². The zero-order chi connectivity index (χ0) is 18.3. The zero-order valence-corrected chi connectivity index (χ0v) is 14.1. The first kappa shape index (κ1) is 20.9. The van der Waals surface area contributed by atoms with E-state index in [2.05, 4.69) is 5.32 Å². The molecule has 1 rings (SSSR count). The highest BCUT2D eigenvalue weighted by Crippen LogP contribution is 2.01. The van der Waals surface area contributed by atoms with Crippen LogP contribution in [0.2, 0.25) is 0 Å². The van der Waals surface area contributed by atoms with Crippen molar-refractivity contribution >= 4 is 12.1 Å². The highest BCUT2D eigenvalue weighted by molar-refractivity contribution is 5.67. The molecule has 0 heterocycles. The van der Waals surface area contributed by atoms with Gasteiger partial charge in [-0.3, -0.25) is 4.79 Å². The Kier molecular flexibility index (Phi) is 11.0. The average Bonchev–Trinajstić information content (AvgIpc) is 2.61. The van der Waals surface area contributed by atoms with Crippen molar-refractivity contribution in [2.45, 2.75) is 25.5 Å². The summed E-state index contributed by atoms with van der Waals surface area (Å²) in [6.07, 6.45) is -0.233. The Balaban J connectivity index is 2.35. The molecule has 1 aromatic carbocycles. The second-order valence-electron chi connectivity index (χ2n) is 5.27. The maximum absolute atomic E-state index is 11.9. The molecule has 0 aliphatic heterocycles. The maximum atomic E-state index is 11.9. The molecule has 0 saturated carbocycles. The fourth-order valence-corrected chi connectivity index (χ4v) is 1.84. The van der Waals surface area contributed by atoms with E-state index in [1.54, 1.807) is 0 Å². The van der Waals surface area contributed by atoms with Crippen molar-refractivity contribution in [2.24, 2.45) is 0 Å². The molecule has 0 aromatic heterocycles. The number of alkyl carbamates (subject to hydrolysis) is 1. The molecule has 8 heteroatoms. The number of amides is 1. The average molecular weight is 355 g/mol. The number of rotatable bonds is 13. The van der Waals surface area contributed by atoms with E-state index in [0.717, 1.165) is 5.56 Å². The number of hydrogen-bond acceptors (Lipinski definition) is 6. The Labute approximate surface area is 146 Å². The van der Waals surface area contributed by atoms with E-state index in [1.165, 1.54) is 0 Å². The third kappa shape index (κ3) is 11.1. The Hall–Kier alpha value is -2.16. The quantitative estimate of drug-likeness (QED) is 0.455. The number of aliphatic hydroxyl groups is 1. The second kappa shape index (κ2) is 13.2. The molecule has 0 saturated heterocycles. The molecular formula is C17H25NO7. The molecule has 25 heavy (non-hydrogen) atoms. The van der Waals surface area contributed by atoms with Crippen LogP contribution in [0.25, 0.3) is 0 Å². The summed E-state index contributed by atoms with van der Waals surface area (Å²) >= 11 is 0. The van der Waals surface area contributed by atoms with Crippen LogP contribution in [0.4, 0.5) is 4.79 Å². The summed E-state index contributed by atoms with van der Waals surface area (Å²) in [5.74, 6) is -0.953. The van der Waals surface area contributed by atoms with E-state index < -0.39 is 18.1 Å². The number of ether oxygens (including phenoxy) is 3. The van der Waals surface area contributed by atoms with E-state index in [-0.39, 0.29) is 39.5 Å². The Morgan fingerprint density at radius 3 is 2.40 bits per heavy atom. The van der Waals surface area contributed by atoms with Gasteiger partial charge in [0.25, 0.3) is 0 Å². The number of benzene rings is 1. The molecular weight excluding hydrogens is 330 g/mol. The van der Waals surface area contributed by atoms with Gasteiger partial charge in [0, 0.05) is 13.2 Å². The molecule has 1 atom stereocenters. The minimum Gasteiger partial charge on any atom is -0.481 e. The van der Waals surface area contributed by atoms with Gasteiger partial charge in [-0.05, 0) is 12.0 Å². The number of aliphatic carboxylic acids is 1. The lowest BCUT2D eigenvalue weighted by molar-refractivity contribution is -0.138. The van der Waals surface area contributed by atoms with Crippen LogP contribution < -0.4 is 5.32 Å². The van der Waals surface area contributed by atoms with Crippen molar-refractivity contribution in [1.29, 1.82) is 0 Å². The Bertz CT molecular complexity index is 495. The maximum Gasteiger partial charge on any atom is 0.407 e. The summed E-state index contributed by atoms with van der Waals surface area (Å²) in [6, 6.07) is 8.79. The fourth-order valence-electron chi connectivity index (χ4n) is 1.84. The number of carboxylic acids is 1. The molecule has 0 aliphatic carbocycles. The van der Waals surface area contributed by atoms with Crippen molar-refractivity contribution < 1.29 is 34.0 Å². The van der Waals surface area contributed by atoms with Gasteiger partial charge in [0.05, 0.1) is 32.3 Å². The molecule has 0 bridgehead atoms. The Morgan fingerprint density at radius 2 is 1.76 bits per heavy atom. The van der Waals surface area contributed by atoms with Gasteiger partial charge in [-0.25, -0.2) is 4.79 Å². The minimum absolute atomic E-state index is 0.0202. The first-order valence-electron chi connectivity index (χ1n) is 8.07. The van der Waals surface area contributed by atoms with Crippen molar-refractivity contribution in [1.82, 2.24) is 5.32 Å². The summed E-state index contributed by atoms with van der Waals surface area (Å²) in [6.45, 7) is 0.837. The third-order valence-electron chi connectivity index (χ3n) is 3.08. The van der Waals surface area contributed by atoms with E-state index in [1.807, 2.05) is 30.3 Å². The SMILES string of the molecule is O=C(O)CCOCC(COCCCO)NC(=O)OCc1ccccc1. The predicted octanol–water partition coefficient (Wildman–Crippen LogP) is 1.17. The highest BCUT2D eigenvalue weighted by atomic mass is 16.6. The second-order valence-corrected chi connectivity index (χ2v) is 5.27. The van der Waals surface area contributed by atoms with Crippen LogP contribution in [0, 0.1) is 0 Å². The molecule has 0 fully saturated rings. The lowest BCUT2D eigenvalue weighted by Crippen LogP contribution is -2.42. The van der Waals surface area contributed by atoms with Crippen molar-refractivity contribution in [3.05, 3.63) is 35.9 Å². The van der Waals surface area contributed by atoms with Crippen LogP contribution in [0.3, 0.4) is 0 Å². The van der Waals surface area contributed by atoms with Crippen LogP contribution in [0.15, 0.2) is 30.3 Å². The highest BCUT2D eigenvalue weighted by Gasteiger charge is 2.14. The van der Waals surface area contributed by atoms with Crippen LogP contribution in [-0.4, -0.2) is 61.4 Å². The first-order chi connectivity index (χ1) is 12.1. The summed E-state index contributed by atoms with van der Waals surface area (Å²) in [5, 5.41) is 19.9. The topological polar surface area (TPSA) is 114 Å². The molecule has 0 spiro atoms. The molecule has 0 aliphatic rings. The van der Waals surface area contributed by atoms with E-state index in [4.69, 9.17) is 24.4 Å². The van der Waals surface area contributed by atoms with Gasteiger partial charge < -0.3 is 29.7 Å². The van der Waals surface area contributed by atoms with Crippen LogP contribution >= 0.6 is 0 Å². The van der Waals surface area contributed by atoms with Crippen molar-refractivity contribution in [2.75, 3.05) is 33.0 Å². The lowest BCUT2D eigenvalue weighted by atomic mass is 10.2. The van der Waals surface area contributed by atoms with E-state index in [9.17, 15) is 9.59 Å². The van der Waals surface area contributed by atoms with E-state index >= 15 is 0 Å². The molecule has 3 N–H and O–H groups in total. The third-order valence-corrected chi connectivity index (χ3v) is 3.08. The summed E-state index contributed by atoms with van der Waals surface area (Å²) < 4.78 is 15.7. The zero-order valence-electron chi connectivity index (χ0n) is 14.1. The Morgan fingerprint density at radius 1 is 1.08 bits per heavy atom.